The summed E-state index contributed by atoms with van der Waals surface area (Å²) in [5.74, 6) is -8.51. The second-order valence-corrected chi connectivity index (χ2v) is 26.8. The van der Waals surface area contributed by atoms with Crippen LogP contribution in [0.25, 0.3) is 0 Å². The summed E-state index contributed by atoms with van der Waals surface area (Å²) >= 11 is 0. The monoisotopic (exact) mass is 1380 g/mol. The van der Waals surface area contributed by atoms with Crippen LogP contribution in [-0.4, -0.2) is 262 Å². The van der Waals surface area contributed by atoms with E-state index >= 15 is 0 Å². The third-order valence-electron chi connectivity index (χ3n) is 18.8. The number of ether oxygens (including phenoxy) is 8. The highest BCUT2D eigenvalue weighted by Crippen LogP contribution is 2.41. The van der Waals surface area contributed by atoms with Crippen LogP contribution >= 0.6 is 0 Å². The van der Waals surface area contributed by atoms with Gasteiger partial charge in [0.25, 0.3) is 5.79 Å². The first-order chi connectivity index (χ1) is 46.0. The SMILES string of the molecule is CCCCCCC=CCCCCCCCCCC(=O)N[C@@H](CO[C@@H]1O[C@H](CO)[C@@H](O[C@@H]2O[C@H](CO)[C@H](O[C@@H]3O[C@H](CO)[C@H](O)[C@H](O)[C@H]3CC(C)=O)[C@H](O[C@]3(C(=O)O)C[C@H](O)[C@@H](NC(C)=O)C([C@H](O)[C@H](O)CO)O3)[C@H]2O)[C@H](O)[C@H]1O)[C@H](O)CCCCCCCCCCCCCCC. The van der Waals surface area contributed by atoms with Crippen molar-refractivity contribution in [3.63, 3.8) is 0 Å². The van der Waals surface area contributed by atoms with Gasteiger partial charge in [0.15, 0.2) is 18.9 Å². The lowest BCUT2D eigenvalue weighted by Crippen LogP contribution is -2.71. The zero-order valence-corrected chi connectivity index (χ0v) is 57.3. The summed E-state index contributed by atoms with van der Waals surface area (Å²) in [5.41, 5.74) is 0. The maximum atomic E-state index is 13.6. The van der Waals surface area contributed by atoms with E-state index in [1.165, 1.54) is 77.0 Å². The number of amides is 2. The van der Waals surface area contributed by atoms with Crippen LogP contribution in [0.4, 0.5) is 0 Å². The van der Waals surface area contributed by atoms with Crippen LogP contribution < -0.4 is 10.6 Å². The van der Waals surface area contributed by atoms with Crippen LogP contribution in [0, 0.1) is 5.92 Å². The maximum Gasteiger partial charge on any atom is 0.364 e. The molecule has 2 amide bonds. The summed E-state index contributed by atoms with van der Waals surface area (Å²) in [5, 5.41) is 161. The second-order valence-electron chi connectivity index (χ2n) is 26.8. The molecule has 4 saturated heterocycles. The smallest absolute Gasteiger partial charge is 0.364 e. The van der Waals surface area contributed by atoms with E-state index in [9.17, 15) is 90.7 Å². The van der Waals surface area contributed by atoms with Gasteiger partial charge in [-0.3, -0.25) is 9.59 Å². The Hall–Kier alpha value is -3.02. The van der Waals surface area contributed by atoms with Crippen molar-refractivity contribution in [3.8, 4) is 0 Å². The van der Waals surface area contributed by atoms with Gasteiger partial charge in [0.05, 0.1) is 63.4 Å². The molecule has 0 aromatic carbocycles. The van der Waals surface area contributed by atoms with E-state index in [-0.39, 0.29) is 12.3 Å². The molecule has 4 heterocycles. The van der Waals surface area contributed by atoms with Gasteiger partial charge < -0.3 is 125 Å². The molecule has 0 radical (unpaired) electrons. The largest absolute Gasteiger partial charge is 0.477 e. The number of aliphatic hydroxyl groups excluding tert-OH is 13. The number of allylic oxidation sites excluding steroid dienone is 2. The highest BCUT2D eigenvalue weighted by molar-refractivity contribution is 5.77. The fourth-order valence-electron chi connectivity index (χ4n) is 13.1. The number of unbranched alkanes of at least 4 members (excludes halogenated alkanes) is 23. The Kier molecular flexibility index (Phi) is 41.3. The Morgan fingerprint density at radius 2 is 1.06 bits per heavy atom. The topological polar surface area (TPSA) is 449 Å². The van der Waals surface area contributed by atoms with Gasteiger partial charge in [-0.15, -0.1) is 0 Å². The number of hydrogen-bond acceptors (Lipinski definition) is 25. The maximum absolute atomic E-state index is 13.6. The van der Waals surface area contributed by atoms with E-state index in [1.807, 2.05) is 0 Å². The molecule has 1 unspecified atom stereocenters. The average molecular weight is 1380 g/mol. The molecule has 4 rings (SSSR count). The van der Waals surface area contributed by atoms with Crippen molar-refractivity contribution in [1.82, 2.24) is 10.6 Å². The first-order valence-electron chi connectivity index (χ1n) is 35.8. The summed E-state index contributed by atoms with van der Waals surface area (Å²) < 4.78 is 48.1. The summed E-state index contributed by atoms with van der Waals surface area (Å²) in [6, 6.07) is -2.70. The van der Waals surface area contributed by atoms with Gasteiger partial charge in [-0.05, 0) is 45.4 Å². The van der Waals surface area contributed by atoms with Crippen molar-refractivity contribution in [2.45, 2.75) is 355 Å². The van der Waals surface area contributed by atoms with Crippen molar-refractivity contribution < 1.29 is 129 Å². The molecular weight excluding hydrogens is 1260 g/mol. The fraction of sp³-hybridized carbons (Fsp3) is 0.912. The molecule has 16 N–H and O–H groups in total. The molecule has 96 heavy (non-hydrogen) atoms. The van der Waals surface area contributed by atoms with Crippen LogP contribution in [-0.2, 0) is 57.1 Å². The van der Waals surface area contributed by atoms with Gasteiger partial charge in [0.1, 0.15) is 85.1 Å². The lowest BCUT2D eigenvalue weighted by molar-refractivity contribution is -0.403. The number of carboxylic acids is 1. The molecule has 28 heteroatoms. The number of rotatable bonds is 50. The molecule has 28 nitrogen and oxygen atoms in total. The van der Waals surface area contributed by atoms with Gasteiger partial charge in [-0.25, -0.2) is 4.79 Å². The normalized spacial score (nSPS) is 32.4. The Morgan fingerprint density at radius 1 is 0.562 bits per heavy atom. The number of Topliss-reactive ketones (excluding diaryl/α,β-unsaturated/α-hetero) is 1. The third-order valence-corrected chi connectivity index (χ3v) is 18.8. The molecule has 0 saturated carbocycles. The minimum Gasteiger partial charge on any atom is -0.477 e. The number of carbonyl (C=O) groups is 4. The molecule has 0 aliphatic carbocycles. The van der Waals surface area contributed by atoms with Crippen LogP contribution in [0.15, 0.2) is 12.2 Å². The minimum atomic E-state index is -3.26. The van der Waals surface area contributed by atoms with Crippen LogP contribution in [0.1, 0.15) is 220 Å². The minimum absolute atomic E-state index is 0.179. The van der Waals surface area contributed by atoms with Gasteiger partial charge in [0.2, 0.25) is 11.8 Å². The number of ketones is 1. The summed E-state index contributed by atoms with van der Waals surface area (Å²) in [6.07, 6.45) is -5.03. The van der Waals surface area contributed by atoms with Crippen LogP contribution in [0.3, 0.4) is 0 Å². The van der Waals surface area contributed by atoms with Gasteiger partial charge in [-0.2, -0.15) is 0 Å². The summed E-state index contributed by atoms with van der Waals surface area (Å²) in [6.45, 7) is 1.96. The number of hydrogen-bond donors (Lipinski definition) is 16. The zero-order valence-electron chi connectivity index (χ0n) is 57.3. The predicted molar refractivity (Wildman–Crippen MR) is 347 cm³/mol. The van der Waals surface area contributed by atoms with Crippen molar-refractivity contribution in [1.29, 1.82) is 0 Å². The number of aliphatic hydroxyl groups is 13. The Bertz CT molecular complexity index is 2170. The Morgan fingerprint density at radius 3 is 1.59 bits per heavy atom. The third kappa shape index (κ3) is 27.7. The molecular formula is C68H122N2O26. The van der Waals surface area contributed by atoms with Gasteiger partial charge in [-0.1, -0.05) is 161 Å². The van der Waals surface area contributed by atoms with E-state index in [4.69, 9.17) is 37.9 Å². The van der Waals surface area contributed by atoms with E-state index in [0.717, 1.165) is 90.9 Å². The second kappa shape index (κ2) is 46.5. The molecule has 0 aromatic rings. The van der Waals surface area contributed by atoms with E-state index in [1.54, 1.807) is 0 Å². The quantitative estimate of drug-likeness (QED) is 0.0307. The lowest BCUT2D eigenvalue weighted by atomic mass is 9.87. The van der Waals surface area contributed by atoms with E-state index in [2.05, 4.69) is 36.6 Å². The van der Waals surface area contributed by atoms with Crippen molar-refractivity contribution >= 4 is 23.6 Å². The van der Waals surface area contributed by atoms with Gasteiger partial charge >= 0.3 is 5.97 Å². The number of nitrogens with one attached hydrogen (secondary N) is 2. The van der Waals surface area contributed by atoms with E-state index < -0.39 is 204 Å². The van der Waals surface area contributed by atoms with Crippen LogP contribution in [0.2, 0.25) is 0 Å². The molecule has 0 spiro atoms. The molecule has 560 valence electrons. The molecule has 4 aliphatic heterocycles. The van der Waals surface area contributed by atoms with E-state index in [0.29, 0.717) is 19.3 Å². The Labute approximate surface area is 566 Å². The first-order valence-corrected chi connectivity index (χ1v) is 35.8. The predicted octanol–water partition coefficient (Wildman–Crippen LogP) is 2.22. The molecule has 4 fully saturated rings. The molecule has 0 bridgehead atoms. The highest BCUT2D eigenvalue weighted by atomic mass is 16.8. The van der Waals surface area contributed by atoms with Crippen LogP contribution in [0.5, 0.6) is 0 Å². The van der Waals surface area contributed by atoms with Crippen molar-refractivity contribution in [2.75, 3.05) is 33.0 Å². The van der Waals surface area contributed by atoms with Gasteiger partial charge in [0, 0.05) is 32.1 Å². The van der Waals surface area contributed by atoms with Crippen molar-refractivity contribution in [3.05, 3.63) is 12.2 Å². The average Bonchev–Trinajstić information content (AvgIpc) is 0.752. The zero-order chi connectivity index (χ0) is 70.7. The highest BCUT2D eigenvalue weighted by Gasteiger charge is 2.61. The number of carboxylic acid groups (broad SMARTS) is 1. The number of carbonyl (C=O) groups excluding carboxylic acids is 3. The first kappa shape index (κ1) is 85.4. The fourth-order valence-corrected chi connectivity index (χ4v) is 13.1. The summed E-state index contributed by atoms with van der Waals surface area (Å²) in [7, 11) is 0. The lowest BCUT2D eigenvalue weighted by Gasteiger charge is -2.52. The number of aliphatic carboxylic acids is 1. The molecule has 23 atom stereocenters. The molecule has 4 aliphatic rings. The summed E-state index contributed by atoms with van der Waals surface area (Å²) in [4.78, 5) is 52.0. The Balaban J connectivity index is 1.54. The molecule has 0 aromatic heterocycles. The standard InChI is InChI=1S/C68H122N2O26/c1-5-7-9-11-13-15-17-19-20-22-24-26-28-30-32-34-52(80)70-45(46(77)33-31-29-27-25-23-21-18-16-14-12-10-8-6-2)41-89-65-58(85)57(84)60(50(39-73)91-65)93-66-59(86)63(61(51(40-74)92-66)94-64-44(35-42(3)75)54(81)56(83)49(38-72)90-64)96-68(67(87)88)36-47(78)53(69-43(4)76)62(95-68)55(82)48(79)37-71/h15,17,44-51,53-66,71-74,77-79,81-86H,5-14,16,18-41H2,1-4H3,(H,69,76)(H,70,80)(H,87,88)/t44-,45+,46-,47+,48-,49-,50-,51-,53-,54-,55-,56+,57-,58-,59-,60-,61+,62?,63-,64+,65-,66+,68+/m1/s1. The van der Waals surface area contributed by atoms with Crippen molar-refractivity contribution in [2.24, 2.45) is 5.92 Å².